The zero-order chi connectivity index (χ0) is 24.4. The van der Waals surface area contributed by atoms with Crippen molar-refractivity contribution in [3.8, 4) is 11.5 Å². The number of rotatable bonds is 7. The summed E-state index contributed by atoms with van der Waals surface area (Å²) in [5, 5.41) is 2.74. The van der Waals surface area contributed by atoms with Gasteiger partial charge in [-0.1, -0.05) is 12.1 Å². The van der Waals surface area contributed by atoms with E-state index in [1.54, 1.807) is 18.2 Å². The van der Waals surface area contributed by atoms with E-state index in [1.807, 2.05) is 0 Å². The second-order valence-electron chi connectivity index (χ2n) is 7.88. The Bertz CT molecular complexity index is 1160. The van der Waals surface area contributed by atoms with Crippen molar-refractivity contribution >= 4 is 27.5 Å². The van der Waals surface area contributed by atoms with Crippen LogP contribution in [0.5, 0.6) is 11.5 Å². The van der Waals surface area contributed by atoms with Crippen molar-refractivity contribution in [2.75, 3.05) is 38.5 Å². The summed E-state index contributed by atoms with van der Waals surface area (Å²) < 4.78 is 49.3. The molecule has 2 aromatic carbocycles. The third-order valence-corrected chi connectivity index (χ3v) is 6.69. The Kier molecular flexibility index (Phi) is 6.94. The van der Waals surface area contributed by atoms with Crippen molar-refractivity contribution < 1.29 is 31.9 Å². The van der Waals surface area contributed by atoms with Gasteiger partial charge in [-0.15, -0.1) is 0 Å². The molecule has 0 radical (unpaired) electrons. The van der Waals surface area contributed by atoms with Crippen LogP contribution in [0.3, 0.4) is 0 Å². The van der Waals surface area contributed by atoms with Crippen molar-refractivity contribution in [1.82, 2.24) is 9.62 Å². The van der Waals surface area contributed by atoms with Crippen LogP contribution in [0, 0.1) is 5.82 Å². The van der Waals surface area contributed by atoms with E-state index in [4.69, 9.17) is 9.47 Å². The Morgan fingerprint density at radius 2 is 1.82 bits per heavy atom. The molecule has 0 aliphatic carbocycles. The average Bonchev–Trinajstić information content (AvgIpc) is 2.77. The fourth-order valence-corrected chi connectivity index (χ4v) is 4.55. The molecule has 0 spiro atoms. The van der Waals surface area contributed by atoms with Gasteiger partial charge in [-0.25, -0.2) is 12.8 Å². The number of anilines is 1. The molecule has 1 aliphatic heterocycles. The summed E-state index contributed by atoms with van der Waals surface area (Å²) in [6.07, 6.45) is 0.987. The van der Waals surface area contributed by atoms with E-state index in [2.05, 4.69) is 5.32 Å². The minimum atomic E-state index is -3.75. The highest BCUT2D eigenvalue weighted by atomic mass is 32.2. The summed E-state index contributed by atoms with van der Waals surface area (Å²) in [5.41, 5.74) is -0.653. The lowest BCUT2D eigenvalue weighted by molar-refractivity contribution is -0.133. The number of nitrogens with one attached hydrogen (secondary N) is 1. The molecule has 9 nitrogen and oxygen atoms in total. The standard InChI is InChI=1S/C22H26FN3O6S/c1-22(21(28)24-12-15-5-7-16(23)8-6-15)14-25(33(4,29)30)13-20(27)26(22)18-10-9-17(31-2)11-19(18)32-3/h5-11H,12-14H2,1-4H3,(H,24,28)/t22-/m1/s1. The third-order valence-electron chi connectivity index (χ3n) is 5.49. The van der Waals surface area contributed by atoms with Crippen LogP contribution in [0.1, 0.15) is 12.5 Å². The lowest BCUT2D eigenvalue weighted by atomic mass is 9.94. The quantitative estimate of drug-likeness (QED) is 0.646. The molecule has 1 fully saturated rings. The first-order chi connectivity index (χ1) is 15.5. The van der Waals surface area contributed by atoms with Crippen LogP contribution in [0.4, 0.5) is 10.1 Å². The number of sulfonamides is 1. The highest BCUT2D eigenvalue weighted by Gasteiger charge is 2.51. The van der Waals surface area contributed by atoms with Crippen LogP contribution >= 0.6 is 0 Å². The van der Waals surface area contributed by atoms with Crippen LogP contribution < -0.4 is 19.7 Å². The number of benzene rings is 2. The van der Waals surface area contributed by atoms with Crippen molar-refractivity contribution in [3.05, 3.63) is 53.8 Å². The van der Waals surface area contributed by atoms with Crippen molar-refractivity contribution in [2.24, 2.45) is 0 Å². The molecule has 178 valence electrons. The molecule has 1 heterocycles. The summed E-state index contributed by atoms with van der Waals surface area (Å²) in [7, 11) is -0.853. The number of nitrogens with zero attached hydrogens (tertiary/aromatic N) is 2. The number of hydrogen-bond donors (Lipinski definition) is 1. The van der Waals surface area contributed by atoms with E-state index in [0.717, 1.165) is 10.6 Å². The lowest BCUT2D eigenvalue weighted by Gasteiger charge is -2.46. The van der Waals surface area contributed by atoms with Gasteiger partial charge in [0.2, 0.25) is 21.8 Å². The maximum Gasteiger partial charge on any atom is 0.247 e. The molecule has 2 amide bonds. The third kappa shape index (κ3) is 5.09. The number of halogens is 1. The van der Waals surface area contributed by atoms with Gasteiger partial charge in [0, 0.05) is 19.2 Å². The van der Waals surface area contributed by atoms with Crippen molar-refractivity contribution in [2.45, 2.75) is 19.0 Å². The predicted molar refractivity (Wildman–Crippen MR) is 120 cm³/mol. The number of methoxy groups -OCH3 is 2. The van der Waals surface area contributed by atoms with Crippen LogP contribution in [0.25, 0.3) is 0 Å². The van der Waals surface area contributed by atoms with Gasteiger partial charge in [-0.05, 0) is 36.8 Å². The van der Waals surface area contributed by atoms with Crippen molar-refractivity contribution in [1.29, 1.82) is 0 Å². The summed E-state index contributed by atoms with van der Waals surface area (Å²) in [6.45, 7) is 0.873. The number of hydrogen-bond acceptors (Lipinski definition) is 6. The topological polar surface area (TPSA) is 105 Å². The molecule has 33 heavy (non-hydrogen) atoms. The molecule has 0 bridgehead atoms. The SMILES string of the molecule is COc1ccc(N2C(=O)CN(S(C)(=O)=O)C[C@]2(C)C(=O)NCc2ccc(F)cc2)c(OC)c1. The zero-order valence-corrected chi connectivity index (χ0v) is 19.6. The number of carbonyl (C=O) groups is 2. The van der Waals surface area contributed by atoms with Gasteiger partial charge in [-0.3, -0.25) is 14.5 Å². The number of ether oxygens (including phenoxy) is 2. The summed E-state index contributed by atoms with van der Waals surface area (Å²) >= 11 is 0. The van der Waals surface area contributed by atoms with Gasteiger partial charge in [0.1, 0.15) is 22.9 Å². The monoisotopic (exact) mass is 479 g/mol. The average molecular weight is 480 g/mol. The number of piperazine rings is 1. The molecule has 1 saturated heterocycles. The van der Waals surface area contributed by atoms with Gasteiger partial charge in [0.05, 0.1) is 32.7 Å². The first-order valence-corrected chi connectivity index (χ1v) is 11.9. The Morgan fingerprint density at radius 3 is 2.39 bits per heavy atom. The highest BCUT2D eigenvalue weighted by Crippen LogP contribution is 2.38. The van der Waals surface area contributed by atoms with Gasteiger partial charge < -0.3 is 14.8 Å². The normalized spacial score (nSPS) is 19.3. The van der Waals surface area contributed by atoms with E-state index < -0.39 is 39.7 Å². The van der Waals surface area contributed by atoms with Crippen LogP contribution in [-0.4, -0.2) is 63.6 Å². The molecule has 1 aliphatic rings. The largest absolute Gasteiger partial charge is 0.497 e. The Balaban J connectivity index is 2.01. The van der Waals surface area contributed by atoms with Gasteiger partial charge >= 0.3 is 0 Å². The fourth-order valence-electron chi connectivity index (χ4n) is 3.72. The molecule has 0 unspecified atom stereocenters. The summed E-state index contributed by atoms with van der Waals surface area (Å²) in [4.78, 5) is 27.9. The minimum Gasteiger partial charge on any atom is -0.497 e. The van der Waals surface area contributed by atoms with Crippen molar-refractivity contribution in [3.63, 3.8) is 0 Å². The fraction of sp³-hybridized carbons (Fsp3) is 0.364. The Morgan fingerprint density at radius 1 is 1.15 bits per heavy atom. The van der Waals surface area contributed by atoms with E-state index in [9.17, 15) is 22.4 Å². The van der Waals surface area contributed by atoms with E-state index in [-0.39, 0.29) is 18.8 Å². The molecule has 11 heteroatoms. The molecule has 2 aromatic rings. The number of carbonyl (C=O) groups excluding carboxylic acids is 2. The van der Waals surface area contributed by atoms with Crippen LogP contribution in [-0.2, 0) is 26.2 Å². The van der Waals surface area contributed by atoms with E-state index >= 15 is 0 Å². The van der Waals surface area contributed by atoms with Gasteiger partial charge in [0.15, 0.2) is 0 Å². The summed E-state index contributed by atoms with van der Waals surface area (Å²) in [6, 6.07) is 10.4. The molecular formula is C22H26FN3O6S. The smallest absolute Gasteiger partial charge is 0.247 e. The zero-order valence-electron chi connectivity index (χ0n) is 18.8. The van der Waals surface area contributed by atoms with Crippen LogP contribution in [0.15, 0.2) is 42.5 Å². The first kappa shape index (κ1) is 24.5. The minimum absolute atomic E-state index is 0.0648. The first-order valence-electron chi connectivity index (χ1n) is 10.0. The predicted octanol–water partition coefficient (Wildman–Crippen LogP) is 1.53. The number of amides is 2. The van der Waals surface area contributed by atoms with E-state index in [0.29, 0.717) is 17.0 Å². The molecule has 3 rings (SSSR count). The van der Waals surface area contributed by atoms with Crippen LogP contribution in [0.2, 0.25) is 0 Å². The molecule has 1 N–H and O–H groups in total. The molecular weight excluding hydrogens is 453 g/mol. The van der Waals surface area contributed by atoms with Gasteiger partial charge in [0.25, 0.3) is 0 Å². The molecule has 0 aromatic heterocycles. The maximum absolute atomic E-state index is 13.4. The second-order valence-corrected chi connectivity index (χ2v) is 9.86. The Hall–Kier alpha value is -3.18. The molecule has 0 saturated carbocycles. The Labute approximate surface area is 192 Å². The summed E-state index contributed by atoms with van der Waals surface area (Å²) in [5.74, 6) is -0.800. The lowest BCUT2D eigenvalue weighted by Crippen LogP contribution is -2.70. The van der Waals surface area contributed by atoms with Gasteiger partial charge in [-0.2, -0.15) is 4.31 Å². The highest BCUT2D eigenvalue weighted by molar-refractivity contribution is 7.88. The van der Waals surface area contributed by atoms with E-state index in [1.165, 1.54) is 50.3 Å². The molecule has 1 atom stereocenters. The second kappa shape index (κ2) is 9.36. The maximum atomic E-state index is 13.4.